The molecule has 0 saturated carbocycles. The van der Waals surface area contributed by atoms with Crippen LogP contribution in [-0.4, -0.2) is 43.7 Å². The van der Waals surface area contributed by atoms with E-state index in [1.54, 1.807) is 0 Å². The minimum absolute atomic E-state index is 0.183. The molecule has 0 spiro atoms. The summed E-state index contributed by atoms with van der Waals surface area (Å²) in [5.41, 5.74) is 1.22. The van der Waals surface area contributed by atoms with Gasteiger partial charge >= 0.3 is 0 Å². The number of aliphatic hydroxyl groups excluding tert-OH is 1. The number of rotatable bonds is 8. The summed E-state index contributed by atoms with van der Waals surface area (Å²) in [5.74, 6) is 0. The van der Waals surface area contributed by atoms with Crippen molar-refractivity contribution in [3.8, 4) is 0 Å². The molecule has 1 heterocycles. The van der Waals surface area contributed by atoms with Crippen LogP contribution in [0.2, 0.25) is 0 Å². The molecule has 1 aliphatic rings. The summed E-state index contributed by atoms with van der Waals surface area (Å²) in [5, 5.41) is 15.9. The first kappa shape index (κ1) is 17.4. The third kappa shape index (κ3) is 4.77. The zero-order chi connectivity index (χ0) is 16.8. The standard InChI is InChI=1S/C20H27NO3/c1-15(17-9-8-16-5-2-3-6-18(16)11-17)21-12-19(22)13-23-14-20-7-4-10-24-20/h2-3,5-6,8-9,11,15,19-22H,4,7,10,12-14H2,1H3. The molecule has 0 aliphatic carbocycles. The Labute approximate surface area is 143 Å². The van der Waals surface area contributed by atoms with Gasteiger partial charge in [0.1, 0.15) is 0 Å². The van der Waals surface area contributed by atoms with Crippen LogP contribution in [0.1, 0.15) is 31.4 Å². The molecule has 0 aromatic heterocycles. The molecule has 1 fully saturated rings. The molecule has 130 valence electrons. The fourth-order valence-corrected chi connectivity index (χ4v) is 3.08. The summed E-state index contributed by atoms with van der Waals surface area (Å²) in [7, 11) is 0. The molecule has 3 rings (SSSR count). The minimum atomic E-state index is -0.505. The van der Waals surface area contributed by atoms with E-state index < -0.39 is 6.10 Å². The van der Waals surface area contributed by atoms with E-state index in [0.717, 1.165) is 19.4 Å². The molecular formula is C20H27NO3. The van der Waals surface area contributed by atoms with Crippen LogP contribution in [0, 0.1) is 0 Å². The maximum absolute atomic E-state index is 10.1. The van der Waals surface area contributed by atoms with Gasteiger partial charge in [0.2, 0.25) is 0 Å². The number of benzene rings is 2. The third-order valence-corrected chi connectivity index (χ3v) is 4.57. The maximum atomic E-state index is 10.1. The lowest BCUT2D eigenvalue weighted by Gasteiger charge is -2.19. The number of hydrogen-bond donors (Lipinski definition) is 2. The summed E-state index contributed by atoms with van der Waals surface area (Å²) in [6, 6.07) is 15.0. The summed E-state index contributed by atoms with van der Waals surface area (Å²) >= 11 is 0. The van der Waals surface area contributed by atoms with Crippen molar-refractivity contribution in [2.45, 2.75) is 38.0 Å². The first-order valence-electron chi connectivity index (χ1n) is 8.82. The van der Waals surface area contributed by atoms with Gasteiger partial charge in [0.05, 0.1) is 25.4 Å². The topological polar surface area (TPSA) is 50.7 Å². The zero-order valence-corrected chi connectivity index (χ0v) is 14.3. The fraction of sp³-hybridized carbons (Fsp3) is 0.500. The van der Waals surface area contributed by atoms with E-state index in [9.17, 15) is 5.11 Å². The Kier molecular flexibility index (Phi) is 6.21. The number of aliphatic hydroxyl groups is 1. The molecule has 0 bridgehead atoms. The van der Waals surface area contributed by atoms with Crippen LogP contribution < -0.4 is 5.32 Å². The molecule has 2 N–H and O–H groups in total. The van der Waals surface area contributed by atoms with Crippen molar-refractivity contribution < 1.29 is 14.6 Å². The minimum Gasteiger partial charge on any atom is -0.389 e. The average Bonchev–Trinajstić information content (AvgIpc) is 3.12. The van der Waals surface area contributed by atoms with Crippen LogP contribution in [0.4, 0.5) is 0 Å². The number of nitrogens with one attached hydrogen (secondary N) is 1. The van der Waals surface area contributed by atoms with Gasteiger partial charge in [-0.25, -0.2) is 0 Å². The van der Waals surface area contributed by atoms with Crippen LogP contribution in [-0.2, 0) is 9.47 Å². The van der Waals surface area contributed by atoms with E-state index in [4.69, 9.17) is 9.47 Å². The molecule has 0 radical (unpaired) electrons. The summed E-state index contributed by atoms with van der Waals surface area (Å²) in [4.78, 5) is 0. The predicted molar refractivity (Wildman–Crippen MR) is 96.2 cm³/mol. The summed E-state index contributed by atoms with van der Waals surface area (Å²) < 4.78 is 11.1. The second kappa shape index (κ2) is 8.58. The van der Waals surface area contributed by atoms with Crippen molar-refractivity contribution in [3.63, 3.8) is 0 Å². The van der Waals surface area contributed by atoms with Gasteiger partial charge in [-0.05, 0) is 42.2 Å². The molecule has 4 heteroatoms. The Balaban J connectivity index is 1.42. The van der Waals surface area contributed by atoms with Gasteiger partial charge in [0.25, 0.3) is 0 Å². The Bertz CT molecular complexity index is 640. The normalized spacial score (nSPS) is 20.3. The lowest BCUT2D eigenvalue weighted by molar-refractivity contribution is -0.0168. The summed E-state index contributed by atoms with van der Waals surface area (Å²) in [6.07, 6.45) is 1.88. The van der Waals surface area contributed by atoms with E-state index in [0.29, 0.717) is 19.8 Å². The molecule has 4 nitrogen and oxygen atoms in total. The highest BCUT2D eigenvalue weighted by Gasteiger charge is 2.16. The molecule has 24 heavy (non-hydrogen) atoms. The Hall–Kier alpha value is -1.46. The molecule has 1 saturated heterocycles. The highest BCUT2D eigenvalue weighted by atomic mass is 16.5. The van der Waals surface area contributed by atoms with E-state index in [-0.39, 0.29) is 12.1 Å². The highest BCUT2D eigenvalue weighted by Crippen LogP contribution is 2.20. The van der Waals surface area contributed by atoms with Gasteiger partial charge in [-0.3, -0.25) is 0 Å². The maximum Gasteiger partial charge on any atom is 0.0897 e. The smallest absolute Gasteiger partial charge is 0.0897 e. The lowest BCUT2D eigenvalue weighted by Crippen LogP contribution is -2.33. The van der Waals surface area contributed by atoms with Crippen LogP contribution in [0.25, 0.3) is 10.8 Å². The molecule has 3 atom stereocenters. The molecule has 0 amide bonds. The van der Waals surface area contributed by atoms with Gasteiger partial charge in [0, 0.05) is 19.2 Å². The Morgan fingerprint density at radius 2 is 2.08 bits per heavy atom. The van der Waals surface area contributed by atoms with Gasteiger partial charge in [-0.1, -0.05) is 36.4 Å². The second-order valence-electron chi connectivity index (χ2n) is 6.56. The molecule has 1 aliphatic heterocycles. The number of fused-ring (bicyclic) bond motifs is 1. The van der Waals surface area contributed by atoms with E-state index in [1.165, 1.54) is 16.3 Å². The monoisotopic (exact) mass is 329 g/mol. The van der Waals surface area contributed by atoms with Crippen LogP contribution >= 0.6 is 0 Å². The molecule has 2 aromatic rings. The number of hydrogen-bond acceptors (Lipinski definition) is 4. The van der Waals surface area contributed by atoms with Gasteiger partial charge in [0.15, 0.2) is 0 Å². The lowest BCUT2D eigenvalue weighted by atomic mass is 10.0. The predicted octanol–water partition coefficient (Wildman–Crippen LogP) is 3.05. The number of ether oxygens (including phenoxy) is 2. The summed E-state index contributed by atoms with van der Waals surface area (Å²) in [6.45, 7) is 4.39. The molecule has 3 unspecified atom stereocenters. The van der Waals surface area contributed by atoms with Crippen molar-refractivity contribution in [1.29, 1.82) is 0 Å². The van der Waals surface area contributed by atoms with Crippen molar-refractivity contribution in [2.24, 2.45) is 0 Å². The SMILES string of the molecule is CC(NCC(O)COCC1CCCO1)c1ccc2ccccc2c1. The first-order valence-corrected chi connectivity index (χ1v) is 8.82. The van der Waals surface area contributed by atoms with Gasteiger partial charge in [-0.2, -0.15) is 0 Å². The second-order valence-corrected chi connectivity index (χ2v) is 6.56. The Morgan fingerprint density at radius 1 is 1.25 bits per heavy atom. The van der Waals surface area contributed by atoms with E-state index >= 15 is 0 Å². The average molecular weight is 329 g/mol. The third-order valence-electron chi connectivity index (χ3n) is 4.57. The fourth-order valence-electron chi connectivity index (χ4n) is 3.08. The Morgan fingerprint density at radius 3 is 2.88 bits per heavy atom. The van der Waals surface area contributed by atoms with Crippen LogP contribution in [0.5, 0.6) is 0 Å². The van der Waals surface area contributed by atoms with Crippen molar-refractivity contribution in [3.05, 3.63) is 48.0 Å². The van der Waals surface area contributed by atoms with E-state index in [1.807, 2.05) is 0 Å². The van der Waals surface area contributed by atoms with Crippen LogP contribution in [0.3, 0.4) is 0 Å². The van der Waals surface area contributed by atoms with Crippen molar-refractivity contribution in [1.82, 2.24) is 5.32 Å². The van der Waals surface area contributed by atoms with E-state index in [2.05, 4.69) is 54.7 Å². The first-order chi connectivity index (χ1) is 11.7. The highest BCUT2D eigenvalue weighted by molar-refractivity contribution is 5.83. The molecule has 2 aromatic carbocycles. The van der Waals surface area contributed by atoms with Crippen molar-refractivity contribution in [2.75, 3.05) is 26.4 Å². The quantitative estimate of drug-likeness (QED) is 0.781. The zero-order valence-electron chi connectivity index (χ0n) is 14.3. The molecular weight excluding hydrogens is 302 g/mol. The van der Waals surface area contributed by atoms with Crippen molar-refractivity contribution >= 4 is 10.8 Å². The largest absolute Gasteiger partial charge is 0.389 e. The van der Waals surface area contributed by atoms with Crippen LogP contribution in [0.15, 0.2) is 42.5 Å². The van der Waals surface area contributed by atoms with Gasteiger partial charge in [-0.15, -0.1) is 0 Å². The van der Waals surface area contributed by atoms with Gasteiger partial charge < -0.3 is 19.9 Å².